The molecule has 31 heavy (non-hydrogen) atoms. The van der Waals surface area contributed by atoms with Gasteiger partial charge in [0, 0.05) is 24.2 Å². The van der Waals surface area contributed by atoms with E-state index in [-0.39, 0.29) is 5.91 Å². The highest BCUT2D eigenvalue weighted by molar-refractivity contribution is 5.76. The summed E-state index contributed by atoms with van der Waals surface area (Å²) in [4.78, 5) is 12.5. The second-order valence-electron chi connectivity index (χ2n) is 7.44. The van der Waals surface area contributed by atoms with E-state index in [0.29, 0.717) is 39.0 Å². The molecule has 2 aromatic carbocycles. The Balaban J connectivity index is 1.52. The van der Waals surface area contributed by atoms with Gasteiger partial charge in [-0.05, 0) is 37.5 Å². The molecule has 6 heteroatoms. The van der Waals surface area contributed by atoms with Crippen LogP contribution in [0.15, 0.2) is 54.6 Å². The maximum absolute atomic E-state index is 12.5. The standard InChI is InChI=1S/C25H28N4O2/c1-19-23(20(2)29(28-19)16-8-15-26)13-14-25(30)27-17-22-11-6-7-12-24(22)31-18-21-9-4-3-5-10-21/h3-7,9-12H,8,13-14,16-18H2,1-2H3,(H,27,30). The van der Waals surface area contributed by atoms with Gasteiger partial charge in [-0.15, -0.1) is 0 Å². The molecule has 1 N–H and O–H groups in total. The molecule has 160 valence electrons. The first-order chi connectivity index (χ1) is 15.1. The quantitative estimate of drug-likeness (QED) is 0.536. The number of hydrogen-bond donors (Lipinski definition) is 1. The van der Waals surface area contributed by atoms with Crippen LogP contribution in [-0.4, -0.2) is 15.7 Å². The fourth-order valence-electron chi connectivity index (χ4n) is 3.52. The SMILES string of the molecule is Cc1nn(CCC#N)c(C)c1CCC(=O)NCc1ccccc1OCc1ccccc1. The summed E-state index contributed by atoms with van der Waals surface area (Å²) in [6.45, 7) is 5.42. The second kappa shape index (κ2) is 11.0. The lowest BCUT2D eigenvalue weighted by atomic mass is 10.1. The number of ether oxygens (including phenoxy) is 1. The molecule has 0 bridgehead atoms. The predicted molar refractivity (Wildman–Crippen MR) is 119 cm³/mol. The summed E-state index contributed by atoms with van der Waals surface area (Å²) in [6.07, 6.45) is 1.44. The van der Waals surface area contributed by atoms with Crippen molar-refractivity contribution in [1.29, 1.82) is 5.26 Å². The molecule has 0 atom stereocenters. The van der Waals surface area contributed by atoms with Gasteiger partial charge in [0.05, 0.1) is 24.7 Å². The van der Waals surface area contributed by atoms with Crippen molar-refractivity contribution in [2.45, 2.75) is 52.8 Å². The first-order valence-corrected chi connectivity index (χ1v) is 10.5. The number of benzene rings is 2. The molecule has 6 nitrogen and oxygen atoms in total. The lowest BCUT2D eigenvalue weighted by Crippen LogP contribution is -2.23. The summed E-state index contributed by atoms with van der Waals surface area (Å²) in [6, 6.07) is 19.9. The number of para-hydroxylation sites is 1. The summed E-state index contributed by atoms with van der Waals surface area (Å²) < 4.78 is 7.82. The third kappa shape index (κ3) is 6.19. The minimum Gasteiger partial charge on any atom is -0.489 e. The van der Waals surface area contributed by atoms with Crippen LogP contribution in [0, 0.1) is 25.2 Å². The minimum absolute atomic E-state index is 0.0126. The van der Waals surface area contributed by atoms with Gasteiger partial charge in [0.15, 0.2) is 0 Å². The van der Waals surface area contributed by atoms with Gasteiger partial charge in [-0.1, -0.05) is 48.5 Å². The van der Waals surface area contributed by atoms with Gasteiger partial charge in [0.1, 0.15) is 12.4 Å². The van der Waals surface area contributed by atoms with E-state index in [0.717, 1.165) is 33.8 Å². The third-order valence-electron chi connectivity index (χ3n) is 5.25. The van der Waals surface area contributed by atoms with E-state index in [1.165, 1.54) is 0 Å². The van der Waals surface area contributed by atoms with Crippen molar-refractivity contribution in [3.8, 4) is 11.8 Å². The van der Waals surface area contributed by atoms with Crippen LogP contribution in [0.4, 0.5) is 0 Å². The number of rotatable bonds is 10. The molecule has 3 rings (SSSR count). The lowest BCUT2D eigenvalue weighted by Gasteiger charge is -2.12. The molecular weight excluding hydrogens is 388 g/mol. The number of nitrogens with zero attached hydrogens (tertiary/aromatic N) is 3. The van der Waals surface area contributed by atoms with Crippen LogP contribution in [-0.2, 0) is 30.9 Å². The molecule has 1 heterocycles. The van der Waals surface area contributed by atoms with Gasteiger partial charge in [-0.2, -0.15) is 10.4 Å². The maximum Gasteiger partial charge on any atom is 0.220 e. The Morgan fingerprint density at radius 2 is 1.87 bits per heavy atom. The molecule has 0 aliphatic carbocycles. The lowest BCUT2D eigenvalue weighted by molar-refractivity contribution is -0.121. The third-order valence-corrected chi connectivity index (χ3v) is 5.25. The maximum atomic E-state index is 12.5. The van der Waals surface area contributed by atoms with Crippen LogP contribution in [0.2, 0.25) is 0 Å². The number of aromatic nitrogens is 2. The van der Waals surface area contributed by atoms with E-state index in [1.54, 1.807) is 0 Å². The Hall–Kier alpha value is -3.59. The van der Waals surface area contributed by atoms with Crippen molar-refractivity contribution >= 4 is 5.91 Å². The fraction of sp³-hybridized carbons (Fsp3) is 0.320. The molecule has 0 spiro atoms. The van der Waals surface area contributed by atoms with Crippen molar-refractivity contribution in [2.24, 2.45) is 0 Å². The highest BCUT2D eigenvalue weighted by Crippen LogP contribution is 2.20. The zero-order valence-electron chi connectivity index (χ0n) is 18.1. The van der Waals surface area contributed by atoms with E-state index in [9.17, 15) is 4.79 Å². The zero-order chi connectivity index (χ0) is 22.1. The smallest absolute Gasteiger partial charge is 0.220 e. The number of nitriles is 1. The van der Waals surface area contributed by atoms with E-state index in [1.807, 2.05) is 73.1 Å². The highest BCUT2D eigenvalue weighted by Gasteiger charge is 2.13. The number of hydrogen-bond acceptors (Lipinski definition) is 4. The molecule has 0 aliphatic rings. The average Bonchev–Trinajstić information content (AvgIpc) is 3.07. The van der Waals surface area contributed by atoms with E-state index < -0.39 is 0 Å². The number of amides is 1. The fourth-order valence-corrected chi connectivity index (χ4v) is 3.52. The van der Waals surface area contributed by atoms with Gasteiger partial charge in [-0.25, -0.2) is 0 Å². The van der Waals surface area contributed by atoms with Crippen molar-refractivity contribution in [1.82, 2.24) is 15.1 Å². The number of nitrogens with one attached hydrogen (secondary N) is 1. The number of carbonyl (C=O) groups excluding carboxylic acids is 1. The van der Waals surface area contributed by atoms with Gasteiger partial charge >= 0.3 is 0 Å². The molecule has 1 aromatic heterocycles. The average molecular weight is 417 g/mol. The van der Waals surface area contributed by atoms with Crippen LogP contribution in [0.1, 0.15) is 40.9 Å². The molecular formula is C25H28N4O2. The van der Waals surface area contributed by atoms with Gasteiger partial charge in [0.2, 0.25) is 5.91 Å². The molecule has 0 radical (unpaired) electrons. The van der Waals surface area contributed by atoms with Crippen molar-refractivity contribution in [3.63, 3.8) is 0 Å². The minimum atomic E-state index is -0.0126. The zero-order valence-corrected chi connectivity index (χ0v) is 18.1. The molecule has 0 saturated heterocycles. The Bertz CT molecular complexity index is 1050. The van der Waals surface area contributed by atoms with Crippen LogP contribution < -0.4 is 10.1 Å². The Morgan fingerprint density at radius 3 is 2.65 bits per heavy atom. The molecule has 1 amide bonds. The number of aryl methyl sites for hydroxylation is 2. The van der Waals surface area contributed by atoms with Crippen LogP contribution in [0.3, 0.4) is 0 Å². The first kappa shape index (κ1) is 22.1. The molecule has 0 unspecified atom stereocenters. The highest BCUT2D eigenvalue weighted by atomic mass is 16.5. The molecule has 0 aliphatic heterocycles. The van der Waals surface area contributed by atoms with E-state index in [2.05, 4.69) is 16.5 Å². The van der Waals surface area contributed by atoms with Gasteiger partial charge in [0.25, 0.3) is 0 Å². The van der Waals surface area contributed by atoms with E-state index >= 15 is 0 Å². The molecule has 3 aromatic rings. The largest absolute Gasteiger partial charge is 0.489 e. The Labute approximate surface area is 183 Å². The first-order valence-electron chi connectivity index (χ1n) is 10.5. The predicted octanol–water partition coefficient (Wildman–Crippen LogP) is 4.24. The molecule has 0 saturated carbocycles. The Kier molecular flexibility index (Phi) is 7.83. The molecule has 0 fully saturated rings. The summed E-state index contributed by atoms with van der Waals surface area (Å²) in [5.74, 6) is 0.763. The van der Waals surface area contributed by atoms with Crippen molar-refractivity contribution in [2.75, 3.05) is 0 Å². The summed E-state index contributed by atoms with van der Waals surface area (Å²) in [5.41, 5.74) is 5.08. The second-order valence-corrected chi connectivity index (χ2v) is 7.44. The Morgan fingerprint density at radius 1 is 1.13 bits per heavy atom. The summed E-state index contributed by atoms with van der Waals surface area (Å²) in [5, 5.41) is 16.3. The van der Waals surface area contributed by atoms with Gasteiger partial charge < -0.3 is 10.1 Å². The van der Waals surface area contributed by atoms with Crippen LogP contribution in [0.5, 0.6) is 5.75 Å². The number of carbonyl (C=O) groups is 1. The van der Waals surface area contributed by atoms with Gasteiger partial charge in [-0.3, -0.25) is 9.48 Å². The van der Waals surface area contributed by atoms with Crippen molar-refractivity contribution in [3.05, 3.63) is 82.7 Å². The summed E-state index contributed by atoms with van der Waals surface area (Å²) >= 11 is 0. The van der Waals surface area contributed by atoms with E-state index in [4.69, 9.17) is 10.00 Å². The van der Waals surface area contributed by atoms with Crippen LogP contribution in [0.25, 0.3) is 0 Å². The topological polar surface area (TPSA) is 79.9 Å². The van der Waals surface area contributed by atoms with Crippen LogP contribution >= 0.6 is 0 Å². The normalized spacial score (nSPS) is 10.5. The monoisotopic (exact) mass is 416 g/mol. The summed E-state index contributed by atoms with van der Waals surface area (Å²) in [7, 11) is 0. The van der Waals surface area contributed by atoms with Crippen molar-refractivity contribution < 1.29 is 9.53 Å².